The minimum atomic E-state index is -0.380. The maximum Gasteiger partial charge on any atom is 0.227 e. The molecule has 2 amide bonds. The summed E-state index contributed by atoms with van der Waals surface area (Å²) < 4.78 is 15.2. The zero-order valence-electron chi connectivity index (χ0n) is 16.3. The van der Waals surface area contributed by atoms with Crippen LogP contribution in [0.2, 0.25) is 0 Å². The Labute approximate surface area is 169 Å². The van der Waals surface area contributed by atoms with Crippen LogP contribution in [0.1, 0.15) is 55.3 Å². The number of anilines is 1. The summed E-state index contributed by atoms with van der Waals surface area (Å²) in [6.07, 6.45) is 5.11. The molecule has 5 rings (SSSR count). The molecule has 1 aliphatic heterocycles. The van der Waals surface area contributed by atoms with E-state index in [0.717, 1.165) is 0 Å². The molecule has 1 unspecified atom stereocenters. The lowest BCUT2D eigenvalue weighted by Crippen LogP contribution is -2.35. The number of amides is 2. The minimum absolute atomic E-state index is 0.103. The Morgan fingerprint density at radius 1 is 1.14 bits per heavy atom. The second-order valence-electron chi connectivity index (χ2n) is 8.44. The van der Waals surface area contributed by atoms with Gasteiger partial charge < -0.3 is 10.2 Å². The van der Waals surface area contributed by atoms with Crippen LogP contribution in [0.4, 0.5) is 10.1 Å². The highest BCUT2D eigenvalue weighted by Crippen LogP contribution is 2.44. The first kappa shape index (κ1) is 18.3. The Morgan fingerprint density at radius 3 is 2.55 bits per heavy atom. The van der Waals surface area contributed by atoms with Crippen LogP contribution in [-0.4, -0.2) is 34.7 Å². The van der Waals surface area contributed by atoms with Gasteiger partial charge in [-0.3, -0.25) is 14.3 Å². The third-order valence-corrected chi connectivity index (χ3v) is 6.08. The van der Waals surface area contributed by atoms with Crippen molar-refractivity contribution >= 4 is 17.5 Å². The minimum Gasteiger partial charge on any atom is -0.354 e. The molecule has 152 valence electrons. The van der Waals surface area contributed by atoms with Gasteiger partial charge >= 0.3 is 0 Å². The fourth-order valence-corrected chi connectivity index (χ4v) is 4.10. The van der Waals surface area contributed by atoms with Gasteiger partial charge in [0, 0.05) is 42.7 Å². The number of carbonyl (C=O) groups excluding carboxylic acids is 2. The van der Waals surface area contributed by atoms with E-state index in [1.165, 1.54) is 49.2 Å². The van der Waals surface area contributed by atoms with Crippen molar-refractivity contribution in [3.63, 3.8) is 0 Å². The molecule has 6 nitrogen and oxygen atoms in total. The van der Waals surface area contributed by atoms with Crippen molar-refractivity contribution in [3.8, 4) is 0 Å². The number of aromatic nitrogens is 2. The van der Waals surface area contributed by atoms with E-state index in [-0.39, 0.29) is 30.0 Å². The summed E-state index contributed by atoms with van der Waals surface area (Å²) in [4.78, 5) is 26.5. The number of nitrogens with one attached hydrogen (secondary N) is 1. The van der Waals surface area contributed by atoms with E-state index in [4.69, 9.17) is 5.10 Å². The van der Waals surface area contributed by atoms with Crippen molar-refractivity contribution in [1.29, 1.82) is 0 Å². The summed E-state index contributed by atoms with van der Waals surface area (Å²) in [6.45, 7) is 1.50. The van der Waals surface area contributed by atoms with Crippen LogP contribution >= 0.6 is 0 Å². The SMILES string of the molecule is O=C(NCCn1nc(C2CC2)cc1C1CC1)C1CC(=O)N(c2ccc(F)cc2)C1. The summed E-state index contributed by atoms with van der Waals surface area (Å²) in [5.74, 6) is 0.325. The van der Waals surface area contributed by atoms with Crippen LogP contribution in [0.5, 0.6) is 0 Å². The summed E-state index contributed by atoms with van der Waals surface area (Å²) in [7, 11) is 0. The summed E-state index contributed by atoms with van der Waals surface area (Å²) in [5.41, 5.74) is 3.14. The van der Waals surface area contributed by atoms with Gasteiger partial charge in [-0.1, -0.05) is 0 Å². The summed E-state index contributed by atoms with van der Waals surface area (Å²) >= 11 is 0. The molecule has 1 aromatic heterocycles. The van der Waals surface area contributed by atoms with Gasteiger partial charge in [0.25, 0.3) is 0 Å². The van der Waals surface area contributed by atoms with Crippen molar-refractivity contribution in [2.45, 2.75) is 50.5 Å². The van der Waals surface area contributed by atoms with Crippen LogP contribution in [-0.2, 0) is 16.1 Å². The van der Waals surface area contributed by atoms with Crippen molar-refractivity contribution in [1.82, 2.24) is 15.1 Å². The molecule has 2 aromatic rings. The van der Waals surface area contributed by atoms with E-state index < -0.39 is 0 Å². The van der Waals surface area contributed by atoms with Crippen molar-refractivity contribution in [2.24, 2.45) is 5.92 Å². The lowest BCUT2D eigenvalue weighted by Gasteiger charge is -2.16. The van der Waals surface area contributed by atoms with Gasteiger partial charge in [0.05, 0.1) is 18.2 Å². The zero-order chi connectivity index (χ0) is 20.0. The smallest absolute Gasteiger partial charge is 0.227 e. The number of hydrogen-bond acceptors (Lipinski definition) is 3. The highest BCUT2D eigenvalue weighted by Gasteiger charge is 2.35. The molecule has 0 bridgehead atoms. The second-order valence-corrected chi connectivity index (χ2v) is 8.44. The second kappa shape index (κ2) is 7.28. The molecule has 1 N–H and O–H groups in total. The van der Waals surface area contributed by atoms with Crippen molar-refractivity contribution in [3.05, 3.63) is 47.5 Å². The van der Waals surface area contributed by atoms with E-state index in [1.807, 2.05) is 0 Å². The van der Waals surface area contributed by atoms with E-state index in [0.29, 0.717) is 37.2 Å². The summed E-state index contributed by atoms with van der Waals surface area (Å²) in [6, 6.07) is 8.05. The summed E-state index contributed by atoms with van der Waals surface area (Å²) in [5, 5.41) is 7.75. The number of rotatable bonds is 7. The molecule has 2 aliphatic carbocycles. The first-order chi connectivity index (χ1) is 14.1. The van der Waals surface area contributed by atoms with E-state index >= 15 is 0 Å². The highest BCUT2D eigenvalue weighted by molar-refractivity contribution is 6.00. The van der Waals surface area contributed by atoms with Crippen LogP contribution in [0, 0.1) is 11.7 Å². The molecule has 7 heteroatoms. The van der Waals surface area contributed by atoms with Crippen molar-refractivity contribution in [2.75, 3.05) is 18.0 Å². The molecule has 2 heterocycles. The van der Waals surface area contributed by atoms with Crippen LogP contribution in [0.15, 0.2) is 30.3 Å². The Morgan fingerprint density at radius 2 is 1.86 bits per heavy atom. The van der Waals surface area contributed by atoms with Crippen LogP contribution in [0.3, 0.4) is 0 Å². The van der Waals surface area contributed by atoms with Gasteiger partial charge in [0.15, 0.2) is 0 Å². The molecular weight excluding hydrogens is 371 g/mol. The number of benzene rings is 1. The number of nitrogens with zero attached hydrogens (tertiary/aromatic N) is 3. The fourth-order valence-electron chi connectivity index (χ4n) is 4.10. The Balaban J connectivity index is 1.16. The highest BCUT2D eigenvalue weighted by atomic mass is 19.1. The van der Waals surface area contributed by atoms with Gasteiger partial charge in [-0.15, -0.1) is 0 Å². The average Bonchev–Trinajstić information content (AvgIpc) is 3.65. The molecule has 0 radical (unpaired) electrons. The average molecular weight is 396 g/mol. The molecule has 0 spiro atoms. The standard InChI is InChI=1S/C22H25FN4O2/c23-17-5-7-18(8-6-17)26-13-16(11-21(26)28)22(29)24-9-10-27-20(15-3-4-15)12-19(25-27)14-1-2-14/h5-8,12,14-16H,1-4,9-11,13H2,(H,24,29). The van der Waals surface area contributed by atoms with Gasteiger partial charge in [-0.2, -0.15) is 5.10 Å². The maximum absolute atomic E-state index is 13.1. The van der Waals surface area contributed by atoms with Gasteiger partial charge in [0.1, 0.15) is 5.82 Å². The molecular formula is C22H25FN4O2. The first-order valence-corrected chi connectivity index (χ1v) is 10.5. The molecule has 3 fully saturated rings. The van der Waals surface area contributed by atoms with E-state index in [1.54, 1.807) is 17.0 Å². The fraction of sp³-hybridized carbons (Fsp3) is 0.500. The van der Waals surface area contributed by atoms with E-state index in [2.05, 4.69) is 16.1 Å². The van der Waals surface area contributed by atoms with Crippen LogP contribution < -0.4 is 10.2 Å². The maximum atomic E-state index is 13.1. The predicted molar refractivity (Wildman–Crippen MR) is 106 cm³/mol. The van der Waals surface area contributed by atoms with Gasteiger partial charge in [-0.05, 0) is 56.0 Å². The van der Waals surface area contributed by atoms with Gasteiger partial charge in [0.2, 0.25) is 11.8 Å². The Kier molecular flexibility index (Phi) is 4.60. The van der Waals surface area contributed by atoms with Gasteiger partial charge in [-0.25, -0.2) is 4.39 Å². The molecule has 3 aliphatic rings. The quantitative estimate of drug-likeness (QED) is 0.783. The van der Waals surface area contributed by atoms with E-state index in [9.17, 15) is 14.0 Å². The normalized spacial score (nSPS) is 21.6. The molecule has 2 saturated carbocycles. The molecule has 1 atom stereocenters. The lowest BCUT2D eigenvalue weighted by molar-refractivity contribution is -0.126. The molecule has 1 saturated heterocycles. The third kappa shape index (κ3) is 3.91. The first-order valence-electron chi connectivity index (χ1n) is 10.5. The third-order valence-electron chi connectivity index (χ3n) is 6.08. The monoisotopic (exact) mass is 396 g/mol. The molecule has 29 heavy (non-hydrogen) atoms. The lowest BCUT2D eigenvalue weighted by atomic mass is 10.1. The molecule has 1 aromatic carbocycles. The number of carbonyl (C=O) groups is 2. The van der Waals surface area contributed by atoms with Crippen LogP contribution in [0.25, 0.3) is 0 Å². The topological polar surface area (TPSA) is 67.2 Å². The zero-order valence-corrected chi connectivity index (χ0v) is 16.3. The predicted octanol–water partition coefficient (Wildman–Crippen LogP) is 2.95. The largest absolute Gasteiger partial charge is 0.354 e. The number of hydrogen-bond donors (Lipinski definition) is 1. The Bertz CT molecular complexity index is 931. The Hall–Kier alpha value is -2.70. The van der Waals surface area contributed by atoms with Crippen molar-refractivity contribution < 1.29 is 14.0 Å². The number of halogens is 1.